The molecule has 0 spiro atoms. The zero-order chi connectivity index (χ0) is 12.0. The molecule has 1 amide bonds. The van der Waals surface area contributed by atoms with E-state index in [1.54, 1.807) is 0 Å². The monoisotopic (exact) mass is 264 g/mol. The number of hydrogen-bond acceptors (Lipinski definition) is 5. The molecule has 4 nitrogen and oxygen atoms in total. The molecule has 0 saturated heterocycles. The van der Waals surface area contributed by atoms with E-state index in [1.165, 1.54) is 23.3 Å². The van der Waals surface area contributed by atoms with Gasteiger partial charge in [0.15, 0.2) is 11.5 Å². The summed E-state index contributed by atoms with van der Waals surface area (Å²) in [6, 6.07) is 7.86. The molecule has 17 heavy (non-hydrogen) atoms. The quantitative estimate of drug-likeness (QED) is 0.690. The molecule has 0 unspecified atom stereocenters. The number of carbonyl (C=O) groups is 1. The molecule has 1 aliphatic rings. The van der Waals surface area contributed by atoms with Crippen LogP contribution in [0.3, 0.4) is 0 Å². The number of benzene rings is 1. The van der Waals surface area contributed by atoms with Gasteiger partial charge in [-0.1, -0.05) is 18.2 Å². The number of carbonyl (C=O) groups excluding carboxylic acids is 1. The van der Waals surface area contributed by atoms with Crippen LogP contribution in [0.4, 0.5) is 0 Å². The van der Waals surface area contributed by atoms with Crippen molar-refractivity contribution in [3.63, 3.8) is 0 Å². The Morgan fingerprint density at radius 1 is 1.35 bits per heavy atom. The second kappa shape index (κ2) is 3.68. The fourth-order valence-corrected chi connectivity index (χ4v) is 3.95. The third-order valence-corrected chi connectivity index (χ3v) is 4.74. The molecule has 0 atom stereocenters. The summed E-state index contributed by atoms with van der Waals surface area (Å²) in [5, 5.41) is 11.1. The van der Waals surface area contributed by atoms with Gasteiger partial charge in [0.05, 0.1) is 9.77 Å². The molecule has 1 aliphatic heterocycles. The Labute approximate surface area is 105 Å². The highest BCUT2D eigenvalue weighted by Gasteiger charge is 2.26. The van der Waals surface area contributed by atoms with Crippen molar-refractivity contribution >= 4 is 45.0 Å². The van der Waals surface area contributed by atoms with Crippen molar-refractivity contribution in [3.05, 3.63) is 34.8 Å². The number of aliphatic hydroxyl groups excluding tert-OH is 1. The number of hydrogen-bond donors (Lipinski definition) is 3. The Balaban J connectivity index is 2.30. The normalized spacial score (nSPS) is 14.6. The highest BCUT2D eigenvalue weighted by molar-refractivity contribution is 7.98. The minimum atomic E-state index is -0.655. The zero-order valence-electron chi connectivity index (χ0n) is 8.56. The van der Waals surface area contributed by atoms with E-state index < -0.39 is 5.91 Å². The Bertz CT molecular complexity index is 661. The van der Waals surface area contributed by atoms with Gasteiger partial charge < -0.3 is 15.6 Å². The van der Waals surface area contributed by atoms with Gasteiger partial charge in [-0.3, -0.25) is 4.79 Å². The van der Waals surface area contributed by atoms with Crippen molar-refractivity contribution in [2.75, 3.05) is 0 Å². The third kappa shape index (κ3) is 1.49. The van der Waals surface area contributed by atoms with Crippen LogP contribution in [0.2, 0.25) is 0 Å². The van der Waals surface area contributed by atoms with E-state index in [0.29, 0.717) is 4.88 Å². The molecule has 3 rings (SSSR count). The molecular weight excluding hydrogens is 256 g/mol. The van der Waals surface area contributed by atoms with Gasteiger partial charge in [-0.15, -0.1) is 11.3 Å². The van der Waals surface area contributed by atoms with Crippen LogP contribution in [-0.4, -0.2) is 11.0 Å². The van der Waals surface area contributed by atoms with Gasteiger partial charge in [-0.25, -0.2) is 0 Å². The van der Waals surface area contributed by atoms with Crippen LogP contribution in [0.15, 0.2) is 34.9 Å². The Kier molecular flexibility index (Phi) is 2.27. The number of nitrogens with two attached hydrogens (primary N) is 1. The molecule has 4 N–H and O–H groups in total. The zero-order valence-corrected chi connectivity index (χ0v) is 10.2. The van der Waals surface area contributed by atoms with Crippen molar-refractivity contribution in [2.45, 2.75) is 4.90 Å². The number of thiophene rings is 1. The minimum Gasteiger partial charge on any atom is -0.504 e. The van der Waals surface area contributed by atoms with Gasteiger partial charge in [-0.05, 0) is 18.0 Å². The lowest BCUT2D eigenvalue weighted by Gasteiger charge is -2.15. The van der Waals surface area contributed by atoms with Crippen LogP contribution >= 0.6 is 23.3 Å². The SMILES string of the molecule is NC(=O)C1=C(O)c2sc3ccccc3c2SN1. The van der Waals surface area contributed by atoms with E-state index in [2.05, 4.69) is 4.72 Å². The Morgan fingerprint density at radius 2 is 2.12 bits per heavy atom. The van der Waals surface area contributed by atoms with E-state index in [1.807, 2.05) is 24.3 Å². The molecular formula is C11H8N2O2S2. The standard InChI is InChI=1S/C11H8N2O2S2/c12-11(15)7-8(14)10-9(17-13-7)5-3-1-2-4-6(5)16-10/h1-4,13-14H,(H2,12,15). The first-order valence-corrected chi connectivity index (χ1v) is 6.49. The summed E-state index contributed by atoms with van der Waals surface area (Å²) in [4.78, 5) is 12.8. The summed E-state index contributed by atoms with van der Waals surface area (Å²) in [6.45, 7) is 0. The highest BCUT2D eigenvalue weighted by atomic mass is 32.2. The number of amides is 1. The second-order valence-electron chi connectivity index (χ2n) is 3.55. The lowest BCUT2D eigenvalue weighted by Crippen LogP contribution is -2.25. The molecule has 0 aliphatic carbocycles. The summed E-state index contributed by atoms with van der Waals surface area (Å²) >= 11 is 2.76. The number of fused-ring (bicyclic) bond motifs is 3. The number of rotatable bonds is 1. The summed E-state index contributed by atoms with van der Waals surface area (Å²) in [6.07, 6.45) is 0. The maximum Gasteiger partial charge on any atom is 0.269 e. The first-order valence-electron chi connectivity index (χ1n) is 4.86. The third-order valence-electron chi connectivity index (χ3n) is 2.50. The van der Waals surface area contributed by atoms with E-state index >= 15 is 0 Å². The molecule has 0 saturated carbocycles. The number of nitrogens with one attached hydrogen (secondary N) is 1. The molecule has 2 aromatic rings. The van der Waals surface area contributed by atoms with Crippen LogP contribution in [0.5, 0.6) is 0 Å². The van der Waals surface area contributed by atoms with Crippen molar-refractivity contribution < 1.29 is 9.90 Å². The first-order chi connectivity index (χ1) is 8.18. The van der Waals surface area contributed by atoms with Crippen LogP contribution in [0.25, 0.3) is 15.8 Å². The molecule has 1 aromatic carbocycles. The van der Waals surface area contributed by atoms with Crippen molar-refractivity contribution in [1.29, 1.82) is 0 Å². The van der Waals surface area contributed by atoms with E-state index in [9.17, 15) is 9.90 Å². The van der Waals surface area contributed by atoms with Crippen LogP contribution in [0, 0.1) is 0 Å². The smallest absolute Gasteiger partial charge is 0.269 e. The lowest BCUT2D eigenvalue weighted by molar-refractivity contribution is -0.114. The summed E-state index contributed by atoms with van der Waals surface area (Å²) < 4.78 is 3.85. The van der Waals surface area contributed by atoms with E-state index in [4.69, 9.17) is 5.73 Å². The topological polar surface area (TPSA) is 75.4 Å². The fraction of sp³-hybridized carbons (Fsp3) is 0. The van der Waals surface area contributed by atoms with Crippen LogP contribution in [-0.2, 0) is 4.79 Å². The number of primary amides is 1. The summed E-state index contributed by atoms with van der Waals surface area (Å²) in [5.41, 5.74) is 5.24. The number of aliphatic hydroxyl groups is 1. The van der Waals surface area contributed by atoms with Gasteiger partial charge in [0.1, 0.15) is 0 Å². The van der Waals surface area contributed by atoms with Crippen LogP contribution < -0.4 is 10.5 Å². The van der Waals surface area contributed by atoms with Gasteiger partial charge in [0.2, 0.25) is 0 Å². The Hall–Kier alpha value is -1.66. The van der Waals surface area contributed by atoms with Gasteiger partial charge in [-0.2, -0.15) is 0 Å². The largest absolute Gasteiger partial charge is 0.504 e. The van der Waals surface area contributed by atoms with Crippen molar-refractivity contribution in [2.24, 2.45) is 5.73 Å². The van der Waals surface area contributed by atoms with E-state index in [-0.39, 0.29) is 11.5 Å². The molecule has 0 radical (unpaired) electrons. The highest BCUT2D eigenvalue weighted by Crippen LogP contribution is 2.43. The molecule has 1 aromatic heterocycles. The average molecular weight is 264 g/mol. The van der Waals surface area contributed by atoms with Crippen LogP contribution in [0.1, 0.15) is 4.88 Å². The van der Waals surface area contributed by atoms with Gasteiger partial charge in [0, 0.05) is 10.1 Å². The molecule has 2 heterocycles. The summed E-state index contributed by atoms with van der Waals surface area (Å²) in [5.74, 6) is -0.717. The minimum absolute atomic E-state index is 0.0625. The van der Waals surface area contributed by atoms with Gasteiger partial charge >= 0.3 is 0 Å². The van der Waals surface area contributed by atoms with Crippen molar-refractivity contribution in [1.82, 2.24) is 4.72 Å². The molecule has 6 heteroatoms. The summed E-state index contributed by atoms with van der Waals surface area (Å²) in [7, 11) is 0. The maximum atomic E-state index is 11.1. The van der Waals surface area contributed by atoms with E-state index in [0.717, 1.165) is 15.0 Å². The van der Waals surface area contributed by atoms with Gasteiger partial charge in [0.25, 0.3) is 5.91 Å². The predicted molar refractivity (Wildman–Crippen MR) is 69.6 cm³/mol. The average Bonchev–Trinajstić information content (AvgIpc) is 2.69. The maximum absolute atomic E-state index is 11.1. The second-order valence-corrected chi connectivity index (χ2v) is 5.42. The molecule has 86 valence electrons. The first kappa shape index (κ1) is 10.5. The Morgan fingerprint density at radius 3 is 2.88 bits per heavy atom. The fourth-order valence-electron chi connectivity index (χ4n) is 1.71. The molecule has 0 fully saturated rings. The molecule has 0 bridgehead atoms. The van der Waals surface area contributed by atoms with Crippen molar-refractivity contribution in [3.8, 4) is 0 Å². The lowest BCUT2D eigenvalue weighted by atomic mass is 10.2. The predicted octanol–water partition coefficient (Wildman–Crippen LogP) is 2.22.